The first-order valence-electron chi connectivity index (χ1n) is 9.48. The van der Waals surface area contributed by atoms with E-state index in [1.807, 2.05) is 37.3 Å². The maximum absolute atomic E-state index is 12.5. The second-order valence-electron chi connectivity index (χ2n) is 6.65. The van der Waals surface area contributed by atoms with Gasteiger partial charge in [-0.05, 0) is 42.3 Å². The van der Waals surface area contributed by atoms with E-state index in [-0.39, 0.29) is 11.5 Å². The molecule has 0 fully saturated rings. The van der Waals surface area contributed by atoms with E-state index in [2.05, 4.69) is 10.6 Å². The second kappa shape index (κ2) is 10.0. The summed E-state index contributed by atoms with van der Waals surface area (Å²) in [6, 6.07) is 22.9. The first-order valence-corrected chi connectivity index (χ1v) is 9.48. The zero-order valence-electron chi connectivity index (χ0n) is 16.6. The van der Waals surface area contributed by atoms with Crippen LogP contribution in [0.15, 0.2) is 78.9 Å². The molecule has 0 bridgehead atoms. The van der Waals surface area contributed by atoms with Gasteiger partial charge in [0, 0.05) is 12.1 Å². The van der Waals surface area contributed by atoms with Crippen molar-refractivity contribution in [3.05, 3.63) is 101 Å². The predicted molar refractivity (Wildman–Crippen MR) is 114 cm³/mol. The van der Waals surface area contributed by atoms with Crippen molar-refractivity contribution in [2.24, 2.45) is 0 Å². The third kappa shape index (κ3) is 5.54. The molecule has 6 nitrogen and oxygen atoms in total. The molecular formula is C24H22N2O4. The Morgan fingerprint density at radius 1 is 0.833 bits per heavy atom. The topological polar surface area (TPSA) is 84.5 Å². The first kappa shape index (κ1) is 20.8. The van der Waals surface area contributed by atoms with E-state index in [9.17, 15) is 14.4 Å². The minimum atomic E-state index is -0.690. The zero-order chi connectivity index (χ0) is 21.3. The normalized spacial score (nSPS) is 10.2. The van der Waals surface area contributed by atoms with Crippen LogP contribution in [-0.4, -0.2) is 24.4 Å². The summed E-state index contributed by atoms with van der Waals surface area (Å²) in [6.45, 7) is 1.90. The van der Waals surface area contributed by atoms with Crippen molar-refractivity contribution < 1.29 is 19.1 Å². The Morgan fingerprint density at radius 2 is 1.50 bits per heavy atom. The molecule has 0 atom stereocenters. The Bertz CT molecular complexity index is 1050. The fraction of sp³-hybridized carbons (Fsp3) is 0.125. The minimum absolute atomic E-state index is 0.175. The molecule has 2 N–H and O–H groups in total. The molecule has 0 saturated heterocycles. The van der Waals surface area contributed by atoms with Crippen molar-refractivity contribution in [2.45, 2.75) is 13.5 Å². The molecule has 0 aliphatic rings. The number of aryl methyl sites for hydroxylation is 1. The smallest absolute Gasteiger partial charge is 0.340 e. The molecule has 0 aliphatic carbocycles. The molecule has 2 amide bonds. The van der Waals surface area contributed by atoms with Crippen molar-refractivity contribution in [3.8, 4) is 0 Å². The van der Waals surface area contributed by atoms with Crippen molar-refractivity contribution >= 4 is 23.5 Å². The Balaban J connectivity index is 1.57. The molecule has 0 radical (unpaired) electrons. The van der Waals surface area contributed by atoms with Crippen molar-refractivity contribution in [3.63, 3.8) is 0 Å². The molecule has 0 heterocycles. The molecular weight excluding hydrogens is 380 g/mol. The number of anilines is 1. The summed E-state index contributed by atoms with van der Waals surface area (Å²) in [6.07, 6.45) is 0. The monoisotopic (exact) mass is 402 g/mol. The van der Waals surface area contributed by atoms with E-state index < -0.39 is 18.5 Å². The molecule has 152 valence electrons. The van der Waals surface area contributed by atoms with Crippen molar-refractivity contribution in [1.82, 2.24) is 5.32 Å². The summed E-state index contributed by atoms with van der Waals surface area (Å²) in [5.74, 6) is -1.44. The number of ether oxygens (including phenoxy) is 1. The highest BCUT2D eigenvalue weighted by molar-refractivity contribution is 6.08. The standard InChI is InChI=1S/C24H22N2O4/c1-17-9-5-6-12-19(17)15-25-22(27)16-30-24(29)20-13-7-8-14-21(20)26-23(28)18-10-3-2-4-11-18/h2-14H,15-16H2,1H3,(H,25,27)(H,26,28). The molecule has 0 unspecified atom stereocenters. The average Bonchev–Trinajstić information content (AvgIpc) is 2.78. The van der Waals surface area contributed by atoms with Crippen LogP contribution in [0.25, 0.3) is 0 Å². The highest BCUT2D eigenvalue weighted by Crippen LogP contribution is 2.17. The van der Waals surface area contributed by atoms with Gasteiger partial charge >= 0.3 is 5.97 Å². The fourth-order valence-corrected chi connectivity index (χ4v) is 2.82. The lowest BCUT2D eigenvalue weighted by atomic mass is 10.1. The van der Waals surface area contributed by atoms with Gasteiger partial charge in [-0.15, -0.1) is 0 Å². The number of nitrogens with one attached hydrogen (secondary N) is 2. The summed E-state index contributed by atoms with van der Waals surface area (Å²) >= 11 is 0. The van der Waals surface area contributed by atoms with Crippen LogP contribution in [0.3, 0.4) is 0 Å². The molecule has 3 aromatic rings. The van der Waals surface area contributed by atoms with Crippen LogP contribution < -0.4 is 10.6 Å². The molecule has 0 aromatic heterocycles. The third-order valence-electron chi connectivity index (χ3n) is 4.50. The summed E-state index contributed by atoms with van der Waals surface area (Å²) in [5, 5.41) is 5.44. The summed E-state index contributed by atoms with van der Waals surface area (Å²) < 4.78 is 5.13. The van der Waals surface area contributed by atoms with Gasteiger partial charge in [0.05, 0.1) is 11.3 Å². The lowest BCUT2D eigenvalue weighted by Gasteiger charge is -2.11. The molecule has 3 rings (SSSR count). The van der Waals surface area contributed by atoms with Crippen LogP contribution in [0.5, 0.6) is 0 Å². The van der Waals surface area contributed by atoms with Gasteiger partial charge in [0.2, 0.25) is 0 Å². The number of hydrogen-bond acceptors (Lipinski definition) is 4. The van der Waals surface area contributed by atoms with Crippen molar-refractivity contribution in [2.75, 3.05) is 11.9 Å². The van der Waals surface area contributed by atoms with Gasteiger partial charge in [0.1, 0.15) is 0 Å². The minimum Gasteiger partial charge on any atom is -0.452 e. The number of carbonyl (C=O) groups is 3. The van der Waals surface area contributed by atoms with Crippen LogP contribution in [0.1, 0.15) is 31.8 Å². The fourth-order valence-electron chi connectivity index (χ4n) is 2.82. The second-order valence-corrected chi connectivity index (χ2v) is 6.65. The number of esters is 1. The van der Waals surface area contributed by atoms with Gasteiger partial charge in [-0.1, -0.05) is 54.6 Å². The Kier molecular flexibility index (Phi) is 6.95. The maximum atomic E-state index is 12.5. The van der Waals surface area contributed by atoms with E-state index in [4.69, 9.17) is 4.74 Å². The van der Waals surface area contributed by atoms with Crippen molar-refractivity contribution in [1.29, 1.82) is 0 Å². The van der Waals surface area contributed by atoms with E-state index in [1.165, 1.54) is 6.07 Å². The number of hydrogen-bond donors (Lipinski definition) is 2. The summed E-state index contributed by atoms with van der Waals surface area (Å²) in [7, 11) is 0. The van der Waals surface area contributed by atoms with Crippen LogP contribution in [0, 0.1) is 6.92 Å². The van der Waals surface area contributed by atoms with Crippen LogP contribution >= 0.6 is 0 Å². The Morgan fingerprint density at radius 3 is 2.27 bits per heavy atom. The molecule has 6 heteroatoms. The molecule has 0 aliphatic heterocycles. The van der Waals surface area contributed by atoms with Crippen LogP contribution in [0.2, 0.25) is 0 Å². The first-order chi connectivity index (χ1) is 14.5. The van der Waals surface area contributed by atoms with E-state index in [0.717, 1.165) is 11.1 Å². The summed E-state index contributed by atoms with van der Waals surface area (Å²) in [5.41, 5.74) is 3.02. The zero-order valence-corrected chi connectivity index (χ0v) is 16.6. The highest BCUT2D eigenvalue weighted by Gasteiger charge is 2.16. The molecule has 30 heavy (non-hydrogen) atoms. The maximum Gasteiger partial charge on any atom is 0.340 e. The SMILES string of the molecule is Cc1ccccc1CNC(=O)COC(=O)c1ccccc1NC(=O)c1ccccc1. The number of amides is 2. The molecule has 0 saturated carbocycles. The average molecular weight is 402 g/mol. The van der Waals surface area contributed by atoms with E-state index in [0.29, 0.717) is 17.8 Å². The predicted octanol–water partition coefficient (Wildman–Crippen LogP) is 3.72. The van der Waals surface area contributed by atoms with Gasteiger partial charge < -0.3 is 15.4 Å². The Labute approximate surface area is 174 Å². The number of benzene rings is 3. The lowest BCUT2D eigenvalue weighted by Crippen LogP contribution is -2.28. The van der Waals surface area contributed by atoms with Gasteiger partial charge in [-0.25, -0.2) is 4.79 Å². The third-order valence-corrected chi connectivity index (χ3v) is 4.50. The lowest BCUT2D eigenvalue weighted by molar-refractivity contribution is -0.124. The number of rotatable bonds is 7. The number of carbonyl (C=O) groups excluding carboxylic acids is 3. The molecule has 0 spiro atoms. The quantitative estimate of drug-likeness (QED) is 0.590. The van der Waals surface area contributed by atoms with Gasteiger partial charge in [0.25, 0.3) is 11.8 Å². The highest BCUT2D eigenvalue weighted by atomic mass is 16.5. The van der Waals surface area contributed by atoms with Gasteiger partial charge in [0.15, 0.2) is 6.61 Å². The van der Waals surface area contributed by atoms with Crippen LogP contribution in [-0.2, 0) is 16.1 Å². The number of para-hydroxylation sites is 1. The van der Waals surface area contributed by atoms with Crippen LogP contribution in [0.4, 0.5) is 5.69 Å². The van der Waals surface area contributed by atoms with E-state index >= 15 is 0 Å². The summed E-state index contributed by atoms with van der Waals surface area (Å²) in [4.78, 5) is 36.9. The van der Waals surface area contributed by atoms with Gasteiger partial charge in [-0.3, -0.25) is 9.59 Å². The van der Waals surface area contributed by atoms with Gasteiger partial charge in [-0.2, -0.15) is 0 Å². The molecule has 3 aromatic carbocycles. The van der Waals surface area contributed by atoms with E-state index in [1.54, 1.807) is 42.5 Å². The largest absolute Gasteiger partial charge is 0.452 e. The Hall–Kier alpha value is -3.93.